The molecule has 2 N–H and O–H groups in total. The van der Waals surface area contributed by atoms with Crippen LogP contribution in [0.15, 0.2) is 36.9 Å². The number of aliphatic hydroxyl groups excluding tert-OH is 1. The first kappa shape index (κ1) is 21.6. The number of nitrogens with zero attached hydrogens (tertiary/aromatic N) is 5. The number of likely N-dealkylation sites (tertiary alicyclic amines) is 2. The topological polar surface area (TPSA) is 94.5 Å². The number of β-amino-alcohol motifs (C(OH)–C–C–N with tert-alkyl or cyclic N) is 1. The molecule has 8 heteroatoms. The number of hydrogen-bond acceptors (Lipinski definition) is 7. The van der Waals surface area contributed by atoms with Crippen molar-refractivity contribution in [2.45, 2.75) is 45.3 Å². The molecule has 2 aromatic rings. The monoisotopic (exact) mass is 424 g/mol. The van der Waals surface area contributed by atoms with E-state index < -0.39 is 6.10 Å². The van der Waals surface area contributed by atoms with Crippen LogP contribution in [0.4, 0.5) is 5.95 Å². The zero-order chi connectivity index (χ0) is 21.7. The summed E-state index contributed by atoms with van der Waals surface area (Å²) in [6.07, 6.45) is 9.85. The number of pyridine rings is 1. The number of carbonyl (C=O) groups excluding carboxylic acids is 1. The van der Waals surface area contributed by atoms with Crippen LogP contribution in [-0.2, 0) is 17.8 Å². The van der Waals surface area contributed by atoms with Gasteiger partial charge in [0.1, 0.15) is 0 Å². The Kier molecular flexibility index (Phi) is 6.77. The number of anilines is 1. The second-order valence-electron chi connectivity index (χ2n) is 8.89. The highest BCUT2D eigenvalue weighted by Gasteiger charge is 2.42. The summed E-state index contributed by atoms with van der Waals surface area (Å²) >= 11 is 0. The molecule has 1 spiro atoms. The molecule has 31 heavy (non-hydrogen) atoms. The fraction of sp³-hybridized carbons (Fsp3) is 0.565. The highest BCUT2D eigenvalue weighted by molar-refractivity contribution is 5.79. The third-order valence-corrected chi connectivity index (χ3v) is 6.42. The van der Waals surface area contributed by atoms with Crippen LogP contribution < -0.4 is 5.32 Å². The number of amides is 1. The van der Waals surface area contributed by atoms with Crippen molar-refractivity contribution < 1.29 is 9.90 Å². The van der Waals surface area contributed by atoms with Crippen molar-refractivity contribution in [1.29, 1.82) is 0 Å². The Hall–Kier alpha value is -2.58. The van der Waals surface area contributed by atoms with Crippen molar-refractivity contribution in [3.05, 3.63) is 48.0 Å². The number of aromatic nitrogens is 3. The molecule has 0 aliphatic carbocycles. The molecule has 2 aliphatic heterocycles. The van der Waals surface area contributed by atoms with Crippen molar-refractivity contribution in [2.75, 3.05) is 38.0 Å². The van der Waals surface area contributed by atoms with Gasteiger partial charge in [-0.05, 0) is 56.3 Å². The van der Waals surface area contributed by atoms with Gasteiger partial charge in [0.05, 0.1) is 12.5 Å². The molecule has 2 fully saturated rings. The van der Waals surface area contributed by atoms with Gasteiger partial charge in [-0.3, -0.25) is 14.7 Å². The van der Waals surface area contributed by atoms with Crippen LogP contribution in [0.5, 0.6) is 0 Å². The van der Waals surface area contributed by atoms with E-state index in [0.717, 1.165) is 63.1 Å². The van der Waals surface area contributed by atoms with E-state index in [1.807, 2.05) is 36.4 Å². The van der Waals surface area contributed by atoms with Crippen LogP contribution in [0.3, 0.4) is 0 Å². The minimum Gasteiger partial charge on any atom is -0.391 e. The van der Waals surface area contributed by atoms with Crippen LogP contribution in [0.2, 0.25) is 0 Å². The van der Waals surface area contributed by atoms with Gasteiger partial charge in [-0.25, -0.2) is 9.97 Å². The molecule has 4 heterocycles. The molecule has 2 saturated heterocycles. The fourth-order valence-electron chi connectivity index (χ4n) is 4.82. The van der Waals surface area contributed by atoms with E-state index in [-0.39, 0.29) is 11.3 Å². The number of nitrogens with one attached hydrogen (secondary N) is 1. The van der Waals surface area contributed by atoms with E-state index >= 15 is 0 Å². The molecule has 1 amide bonds. The Morgan fingerprint density at radius 1 is 1.23 bits per heavy atom. The Morgan fingerprint density at radius 2 is 2.00 bits per heavy atom. The molecule has 8 nitrogen and oxygen atoms in total. The van der Waals surface area contributed by atoms with Gasteiger partial charge in [0.15, 0.2) is 0 Å². The summed E-state index contributed by atoms with van der Waals surface area (Å²) in [5.41, 5.74) is 2.03. The summed E-state index contributed by atoms with van der Waals surface area (Å²) in [4.78, 5) is 30.0. The SMILES string of the molecule is CCNc1ncc(CN2CCC3(CC2)CC(O)CN(C(=O)Cc2cccnc2)C3)cn1. The molecule has 1 unspecified atom stereocenters. The second kappa shape index (κ2) is 9.70. The van der Waals surface area contributed by atoms with Gasteiger partial charge in [-0.15, -0.1) is 0 Å². The molecular weight excluding hydrogens is 392 g/mol. The minimum absolute atomic E-state index is 0.00413. The molecule has 4 rings (SSSR count). The molecule has 0 radical (unpaired) electrons. The van der Waals surface area contributed by atoms with Crippen molar-refractivity contribution in [3.8, 4) is 0 Å². The normalized spacial score (nSPS) is 21.2. The van der Waals surface area contributed by atoms with Gasteiger partial charge >= 0.3 is 0 Å². The maximum atomic E-state index is 12.9. The Labute approximate surface area is 183 Å². The smallest absolute Gasteiger partial charge is 0.227 e. The predicted molar refractivity (Wildman–Crippen MR) is 118 cm³/mol. The Bertz CT molecular complexity index is 852. The van der Waals surface area contributed by atoms with E-state index in [4.69, 9.17) is 0 Å². The van der Waals surface area contributed by atoms with Crippen LogP contribution in [0.25, 0.3) is 0 Å². The standard InChI is InChI=1S/C23H32N6O2/c1-2-25-22-26-13-19(14-27-22)15-28-8-5-23(6-9-28)11-20(30)16-29(17-23)21(31)10-18-4-3-7-24-12-18/h3-4,7,12-14,20,30H,2,5-6,8-11,15-17H2,1H3,(H,25,26,27). The molecular formula is C23H32N6O2. The largest absolute Gasteiger partial charge is 0.391 e. The molecule has 0 aromatic carbocycles. The highest BCUT2D eigenvalue weighted by atomic mass is 16.3. The second-order valence-corrected chi connectivity index (χ2v) is 8.89. The number of hydrogen-bond donors (Lipinski definition) is 2. The van der Waals surface area contributed by atoms with Gasteiger partial charge in [-0.1, -0.05) is 6.07 Å². The summed E-state index contributed by atoms with van der Waals surface area (Å²) in [5.74, 6) is 0.738. The van der Waals surface area contributed by atoms with Gasteiger partial charge in [-0.2, -0.15) is 0 Å². The third kappa shape index (κ3) is 5.57. The van der Waals surface area contributed by atoms with Gasteiger partial charge in [0.2, 0.25) is 11.9 Å². The van der Waals surface area contributed by atoms with Gasteiger partial charge < -0.3 is 15.3 Å². The highest BCUT2D eigenvalue weighted by Crippen LogP contribution is 2.40. The lowest BCUT2D eigenvalue weighted by Gasteiger charge is -2.49. The van der Waals surface area contributed by atoms with Crippen LogP contribution in [0, 0.1) is 5.41 Å². The lowest BCUT2D eigenvalue weighted by molar-refractivity contribution is -0.139. The fourth-order valence-corrected chi connectivity index (χ4v) is 4.82. The van der Waals surface area contributed by atoms with Gasteiger partial charge in [0.25, 0.3) is 0 Å². The van der Waals surface area contributed by atoms with Gasteiger partial charge in [0, 0.05) is 56.5 Å². The third-order valence-electron chi connectivity index (χ3n) is 6.42. The molecule has 2 aliphatic rings. The number of aliphatic hydroxyl groups is 1. The first-order valence-corrected chi connectivity index (χ1v) is 11.2. The van der Waals surface area contributed by atoms with E-state index in [9.17, 15) is 9.90 Å². The molecule has 2 aromatic heterocycles. The van der Waals surface area contributed by atoms with Crippen molar-refractivity contribution in [3.63, 3.8) is 0 Å². The zero-order valence-corrected chi connectivity index (χ0v) is 18.2. The molecule has 1 atom stereocenters. The van der Waals surface area contributed by atoms with Crippen LogP contribution in [-0.4, -0.2) is 74.6 Å². The summed E-state index contributed by atoms with van der Waals surface area (Å²) in [5, 5.41) is 13.7. The summed E-state index contributed by atoms with van der Waals surface area (Å²) in [7, 11) is 0. The first-order valence-electron chi connectivity index (χ1n) is 11.2. The molecule has 0 bridgehead atoms. The minimum atomic E-state index is -0.454. The number of piperidine rings is 2. The van der Waals surface area contributed by atoms with E-state index in [1.54, 1.807) is 12.4 Å². The van der Waals surface area contributed by atoms with E-state index in [1.165, 1.54) is 0 Å². The maximum Gasteiger partial charge on any atom is 0.227 e. The molecule has 0 saturated carbocycles. The first-order chi connectivity index (χ1) is 15.0. The number of rotatable bonds is 6. The quantitative estimate of drug-likeness (QED) is 0.729. The number of carbonyl (C=O) groups is 1. The lowest BCUT2D eigenvalue weighted by atomic mass is 9.71. The van der Waals surface area contributed by atoms with Crippen molar-refractivity contribution in [2.24, 2.45) is 5.41 Å². The summed E-state index contributed by atoms with van der Waals surface area (Å²) < 4.78 is 0. The summed E-state index contributed by atoms with van der Waals surface area (Å²) in [6.45, 7) is 6.72. The Balaban J connectivity index is 1.32. The van der Waals surface area contributed by atoms with E-state index in [2.05, 4.69) is 25.2 Å². The lowest BCUT2D eigenvalue weighted by Crippen LogP contribution is -2.55. The van der Waals surface area contributed by atoms with Crippen molar-refractivity contribution >= 4 is 11.9 Å². The van der Waals surface area contributed by atoms with Crippen LogP contribution in [0.1, 0.15) is 37.3 Å². The Morgan fingerprint density at radius 3 is 2.68 bits per heavy atom. The van der Waals surface area contributed by atoms with E-state index in [0.29, 0.717) is 18.9 Å². The van der Waals surface area contributed by atoms with Crippen molar-refractivity contribution in [1.82, 2.24) is 24.8 Å². The van der Waals surface area contributed by atoms with Crippen LogP contribution >= 0.6 is 0 Å². The molecule has 166 valence electrons. The maximum absolute atomic E-state index is 12.9. The predicted octanol–water partition coefficient (Wildman–Crippen LogP) is 1.72. The average Bonchev–Trinajstić information content (AvgIpc) is 2.77. The summed E-state index contributed by atoms with van der Waals surface area (Å²) in [6, 6.07) is 3.78. The zero-order valence-electron chi connectivity index (χ0n) is 18.2. The average molecular weight is 425 g/mol.